The number of aryl methyl sites for hydroxylation is 4. The Balaban J connectivity index is 1.86. The molecule has 0 bridgehead atoms. The van der Waals surface area contributed by atoms with Crippen LogP contribution in [-0.2, 0) is 11.3 Å². The molecule has 0 saturated carbocycles. The van der Waals surface area contributed by atoms with Crippen LogP contribution in [0.25, 0.3) is 15.9 Å². The topological polar surface area (TPSA) is 73.1 Å². The molecule has 164 valence electrons. The largest absolute Gasteiger partial charge is 0.337 e. The summed E-state index contributed by atoms with van der Waals surface area (Å²) >= 11 is 7.44. The minimum absolute atomic E-state index is 0.220. The van der Waals surface area contributed by atoms with Gasteiger partial charge in [0.2, 0.25) is 5.91 Å². The fourth-order valence-electron chi connectivity index (χ4n) is 3.60. The number of benzene rings is 2. The third kappa shape index (κ3) is 3.89. The van der Waals surface area contributed by atoms with Crippen LogP contribution in [0.15, 0.2) is 52.1 Å². The Morgan fingerprint density at radius 2 is 1.78 bits per heavy atom. The maximum absolute atomic E-state index is 13.4. The molecule has 0 aliphatic heterocycles. The standard InChI is InChI=1S/C24H22ClN3O3S/c1-13-8-9-18(10-14(13)2)26-20(29)12-27-23-21(15(3)16(4)32-23)22(30)28(24(27)31)19-7-5-6-17(25)11-19/h5-11H,12H2,1-4H3,(H,26,29). The predicted molar refractivity (Wildman–Crippen MR) is 131 cm³/mol. The number of rotatable bonds is 4. The van der Waals surface area contributed by atoms with Gasteiger partial charge in [0.25, 0.3) is 5.56 Å². The molecule has 0 unspecified atom stereocenters. The van der Waals surface area contributed by atoms with Crippen molar-refractivity contribution >= 4 is 44.7 Å². The van der Waals surface area contributed by atoms with Crippen molar-refractivity contribution in [1.82, 2.24) is 9.13 Å². The van der Waals surface area contributed by atoms with Gasteiger partial charge in [0.1, 0.15) is 11.4 Å². The first-order valence-electron chi connectivity index (χ1n) is 10.1. The number of anilines is 1. The predicted octanol–water partition coefficient (Wildman–Crippen LogP) is 4.74. The van der Waals surface area contributed by atoms with E-state index in [1.807, 2.05) is 45.9 Å². The van der Waals surface area contributed by atoms with Gasteiger partial charge in [-0.15, -0.1) is 11.3 Å². The minimum Gasteiger partial charge on any atom is -0.325 e. The Hall–Kier alpha value is -3.16. The van der Waals surface area contributed by atoms with Crippen molar-refractivity contribution < 1.29 is 4.79 Å². The summed E-state index contributed by atoms with van der Waals surface area (Å²) in [6.07, 6.45) is 0. The van der Waals surface area contributed by atoms with E-state index in [0.717, 1.165) is 26.1 Å². The molecule has 0 aliphatic carbocycles. The van der Waals surface area contributed by atoms with Gasteiger partial charge in [0.15, 0.2) is 0 Å². The molecule has 0 spiro atoms. The van der Waals surface area contributed by atoms with E-state index in [-0.39, 0.29) is 12.5 Å². The van der Waals surface area contributed by atoms with Gasteiger partial charge in [0.05, 0.1) is 11.1 Å². The summed E-state index contributed by atoms with van der Waals surface area (Å²) in [5.74, 6) is -0.350. The Morgan fingerprint density at radius 3 is 2.47 bits per heavy atom. The molecule has 1 N–H and O–H groups in total. The van der Waals surface area contributed by atoms with Gasteiger partial charge in [0, 0.05) is 15.6 Å². The molecule has 32 heavy (non-hydrogen) atoms. The fraction of sp³-hybridized carbons (Fsp3) is 0.208. The lowest BCUT2D eigenvalue weighted by Gasteiger charge is -2.13. The lowest BCUT2D eigenvalue weighted by Crippen LogP contribution is -2.40. The highest BCUT2D eigenvalue weighted by Crippen LogP contribution is 2.27. The first kappa shape index (κ1) is 22.0. The Kier molecular flexibility index (Phi) is 5.79. The number of nitrogens with one attached hydrogen (secondary N) is 1. The Labute approximate surface area is 193 Å². The number of thiophene rings is 1. The zero-order valence-corrected chi connectivity index (χ0v) is 19.7. The van der Waals surface area contributed by atoms with Crippen molar-refractivity contribution in [2.45, 2.75) is 34.2 Å². The SMILES string of the molecule is Cc1ccc(NC(=O)Cn2c(=O)n(-c3cccc(Cl)c3)c(=O)c3c(C)c(C)sc32)cc1C. The highest BCUT2D eigenvalue weighted by molar-refractivity contribution is 7.18. The number of nitrogens with zero attached hydrogens (tertiary/aromatic N) is 2. The Bertz CT molecular complexity index is 1500. The van der Waals surface area contributed by atoms with E-state index < -0.39 is 11.2 Å². The molecule has 4 rings (SSSR count). The quantitative estimate of drug-likeness (QED) is 0.471. The molecular weight excluding hydrogens is 446 g/mol. The van der Waals surface area contributed by atoms with Crippen LogP contribution >= 0.6 is 22.9 Å². The van der Waals surface area contributed by atoms with E-state index in [1.165, 1.54) is 15.9 Å². The van der Waals surface area contributed by atoms with Crippen LogP contribution in [0.2, 0.25) is 5.02 Å². The maximum Gasteiger partial charge on any atom is 0.337 e. The molecule has 0 fully saturated rings. The first-order chi connectivity index (χ1) is 15.2. The number of carbonyl (C=O) groups is 1. The molecule has 0 radical (unpaired) electrons. The molecule has 2 aromatic heterocycles. The lowest BCUT2D eigenvalue weighted by atomic mass is 10.1. The fourth-order valence-corrected chi connectivity index (χ4v) is 4.93. The van der Waals surface area contributed by atoms with Crippen molar-refractivity contribution in [1.29, 1.82) is 0 Å². The van der Waals surface area contributed by atoms with Gasteiger partial charge >= 0.3 is 5.69 Å². The first-order valence-corrected chi connectivity index (χ1v) is 11.3. The van der Waals surface area contributed by atoms with Gasteiger partial charge in [-0.05, 0) is 74.7 Å². The highest BCUT2D eigenvalue weighted by atomic mass is 35.5. The van der Waals surface area contributed by atoms with Crippen LogP contribution < -0.4 is 16.6 Å². The van der Waals surface area contributed by atoms with Crippen molar-refractivity contribution in [3.63, 3.8) is 0 Å². The normalized spacial score (nSPS) is 11.2. The van der Waals surface area contributed by atoms with Crippen LogP contribution in [0.3, 0.4) is 0 Å². The second-order valence-corrected chi connectivity index (χ2v) is 9.44. The van der Waals surface area contributed by atoms with Crippen LogP contribution in [-0.4, -0.2) is 15.0 Å². The summed E-state index contributed by atoms with van der Waals surface area (Å²) in [6, 6.07) is 12.2. The van der Waals surface area contributed by atoms with E-state index in [2.05, 4.69) is 5.32 Å². The van der Waals surface area contributed by atoms with Crippen molar-refractivity contribution in [3.05, 3.63) is 89.9 Å². The summed E-state index contributed by atoms with van der Waals surface area (Å²) < 4.78 is 2.44. The number of carbonyl (C=O) groups excluding carboxylic acids is 1. The van der Waals surface area contributed by atoms with Crippen LogP contribution in [0.1, 0.15) is 21.6 Å². The van der Waals surface area contributed by atoms with Gasteiger partial charge in [-0.2, -0.15) is 0 Å². The van der Waals surface area contributed by atoms with E-state index in [4.69, 9.17) is 11.6 Å². The summed E-state index contributed by atoms with van der Waals surface area (Å²) in [4.78, 5) is 41.0. The molecule has 0 saturated heterocycles. The number of hydrogen-bond donors (Lipinski definition) is 1. The highest BCUT2D eigenvalue weighted by Gasteiger charge is 2.21. The summed E-state index contributed by atoms with van der Waals surface area (Å²) in [6.45, 7) is 7.49. The van der Waals surface area contributed by atoms with E-state index in [0.29, 0.717) is 26.6 Å². The number of amides is 1. The van der Waals surface area contributed by atoms with Crippen molar-refractivity contribution in [2.24, 2.45) is 0 Å². The number of halogens is 1. The maximum atomic E-state index is 13.4. The second-order valence-electron chi connectivity index (χ2n) is 7.80. The van der Waals surface area contributed by atoms with E-state index >= 15 is 0 Å². The lowest BCUT2D eigenvalue weighted by molar-refractivity contribution is -0.116. The molecule has 0 atom stereocenters. The summed E-state index contributed by atoms with van der Waals surface area (Å²) in [7, 11) is 0. The van der Waals surface area contributed by atoms with Gasteiger partial charge in [-0.1, -0.05) is 23.7 Å². The monoisotopic (exact) mass is 467 g/mol. The molecule has 1 amide bonds. The third-order valence-corrected chi connectivity index (χ3v) is 7.08. The van der Waals surface area contributed by atoms with Crippen molar-refractivity contribution in [2.75, 3.05) is 5.32 Å². The summed E-state index contributed by atoms with van der Waals surface area (Å²) in [5, 5.41) is 3.70. The van der Waals surface area contributed by atoms with E-state index in [1.54, 1.807) is 24.3 Å². The molecule has 4 aromatic rings. The molecule has 8 heteroatoms. The van der Waals surface area contributed by atoms with Crippen LogP contribution in [0, 0.1) is 27.7 Å². The zero-order valence-electron chi connectivity index (χ0n) is 18.2. The number of fused-ring (bicyclic) bond motifs is 1. The molecule has 0 aliphatic rings. The second kappa shape index (κ2) is 8.41. The average Bonchev–Trinajstić information content (AvgIpc) is 3.03. The molecule has 2 aromatic carbocycles. The third-order valence-electron chi connectivity index (χ3n) is 5.61. The Morgan fingerprint density at radius 1 is 1.03 bits per heavy atom. The van der Waals surface area contributed by atoms with Gasteiger partial charge in [-0.3, -0.25) is 14.2 Å². The van der Waals surface area contributed by atoms with Crippen molar-refractivity contribution in [3.8, 4) is 5.69 Å². The zero-order chi connectivity index (χ0) is 23.2. The smallest absolute Gasteiger partial charge is 0.325 e. The average molecular weight is 468 g/mol. The summed E-state index contributed by atoms with van der Waals surface area (Å²) in [5.41, 5.74) is 3.00. The van der Waals surface area contributed by atoms with Gasteiger partial charge < -0.3 is 5.32 Å². The van der Waals surface area contributed by atoms with Gasteiger partial charge in [-0.25, -0.2) is 9.36 Å². The van der Waals surface area contributed by atoms with Crippen LogP contribution in [0.4, 0.5) is 5.69 Å². The molecule has 6 nitrogen and oxygen atoms in total. The van der Waals surface area contributed by atoms with E-state index in [9.17, 15) is 14.4 Å². The number of aromatic nitrogens is 2. The minimum atomic E-state index is -0.582. The number of hydrogen-bond acceptors (Lipinski definition) is 4. The molecular formula is C24H22ClN3O3S. The molecule has 2 heterocycles. The van der Waals surface area contributed by atoms with Crippen LogP contribution in [0.5, 0.6) is 0 Å².